The Hall–Kier alpha value is -0.580. The van der Waals surface area contributed by atoms with Crippen LogP contribution in [0.4, 0.5) is 0 Å². The third kappa shape index (κ3) is 2.93. The van der Waals surface area contributed by atoms with Crippen molar-refractivity contribution in [2.45, 2.75) is 26.3 Å². The number of aliphatic hydroxyl groups is 1. The van der Waals surface area contributed by atoms with Crippen LogP contribution in [-0.4, -0.2) is 23.7 Å². The molecule has 1 heterocycles. The van der Waals surface area contributed by atoms with Gasteiger partial charge in [0.1, 0.15) is 4.88 Å². The van der Waals surface area contributed by atoms with Crippen LogP contribution >= 0.6 is 22.9 Å². The molecule has 1 atom stereocenters. The van der Waals surface area contributed by atoms with Gasteiger partial charge in [-0.15, -0.1) is 11.3 Å². The molecule has 0 spiro atoms. The first kappa shape index (κ1) is 12.5. The number of nitrogens with one attached hydrogen (secondary N) is 1. The van der Waals surface area contributed by atoms with Crippen molar-refractivity contribution in [3.63, 3.8) is 0 Å². The van der Waals surface area contributed by atoms with Crippen LogP contribution < -0.4 is 5.32 Å². The third-order valence-corrected chi connectivity index (χ3v) is 3.85. The van der Waals surface area contributed by atoms with Crippen molar-refractivity contribution in [2.24, 2.45) is 0 Å². The number of carbonyl (C=O) groups is 1. The minimum Gasteiger partial charge on any atom is -0.394 e. The molecule has 15 heavy (non-hydrogen) atoms. The van der Waals surface area contributed by atoms with Crippen molar-refractivity contribution in [1.29, 1.82) is 0 Å². The summed E-state index contributed by atoms with van der Waals surface area (Å²) in [6, 6.07) is -0.198. The van der Waals surface area contributed by atoms with Crippen LogP contribution in [0.25, 0.3) is 0 Å². The van der Waals surface area contributed by atoms with E-state index in [2.05, 4.69) is 5.32 Å². The van der Waals surface area contributed by atoms with E-state index in [0.717, 1.165) is 5.56 Å². The summed E-state index contributed by atoms with van der Waals surface area (Å²) in [5.74, 6) is -0.209. The van der Waals surface area contributed by atoms with Gasteiger partial charge in [0.25, 0.3) is 5.91 Å². The van der Waals surface area contributed by atoms with E-state index in [1.54, 1.807) is 0 Å². The molecule has 0 saturated heterocycles. The Morgan fingerprint density at radius 3 is 2.80 bits per heavy atom. The SMILES string of the molecule is CC[C@H](CO)NC(=O)c1scc(C)c1Cl. The molecule has 0 saturated carbocycles. The molecule has 5 heteroatoms. The molecule has 0 aliphatic carbocycles. The Kier molecular flexibility index (Phi) is 4.57. The van der Waals surface area contributed by atoms with Gasteiger partial charge in [-0.3, -0.25) is 4.79 Å². The summed E-state index contributed by atoms with van der Waals surface area (Å²) in [5, 5.41) is 14.0. The highest BCUT2D eigenvalue weighted by Crippen LogP contribution is 2.26. The lowest BCUT2D eigenvalue weighted by atomic mass is 10.2. The van der Waals surface area contributed by atoms with Crippen molar-refractivity contribution in [3.8, 4) is 0 Å². The fourth-order valence-corrected chi connectivity index (χ4v) is 2.29. The van der Waals surface area contributed by atoms with Gasteiger partial charge in [0.15, 0.2) is 0 Å². The minimum absolute atomic E-state index is 0.0514. The standard InChI is InChI=1S/C10H14ClNO2S/c1-3-7(4-13)12-10(14)9-8(11)6(2)5-15-9/h5,7,13H,3-4H2,1-2H3,(H,12,14)/t7-/m1/s1. The van der Waals surface area contributed by atoms with Crippen LogP contribution in [-0.2, 0) is 0 Å². The second-order valence-corrected chi connectivity index (χ2v) is 4.58. The molecular weight excluding hydrogens is 234 g/mol. The van der Waals surface area contributed by atoms with Crippen molar-refractivity contribution in [2.75, 3.05) is 6.61 Å². The van der Waals surface area contributed by atoms with E-state index in [9.17, 15) is 4.79 Å². The zero-order valence-corrected chi connectivity index (χ0v) is 10.3. The Morgan fingerprint density at radius 1 is 1.73 bits per heavy atom. The number of thiophene rings is 1. The maximum atomic E-state index is 11.7. The summed E-state index contributed by atoms with van der Waals surface area (Å²) in [7, 11) is 0. The van der Waals surface area contributed by atoms with E-state index in [1.807, 2.05) is 19.2 Å². The van der Waals surface area contributed by atoms with Gasteiger partial charge >= 0.3 is 0 Å². The average Bonchev–Trinajstić information content (AvgIpc) is 2.56. The van der Waals surface area contributed by atoms with Gasteiger partial charge in [-0.2, -0.15) is 0 Å². The number of hydrogen-bond donors (Lipinski definition) is 2. The number of rotatable bonds is 4. The van der Waals surface area contributed by atoms with E-state index >= 15 is 0 Å². The van der Waals surface area contributed by atoms with Gasteiger partial charge in [-0.25, -0.2) is 0 Å². The number of hydrogen-bond acceptors (Lipinski definition) is 3. The molecular formula is C10H14ClNO2S. The molecule has 0 aliphatic heterocycles. The first-order valence-electron chi connectivity index (χ1n) is 4.75. The second kappa shape index (κ2) is 5.49. The summed E-state index contributed by atoms with van der Waals surface area (Å²) < 4.78 is 0. The molecule has 1 aromatic rings. The average molecular weight is 248 g/mol. The molecule has 0 bridgehead atoms. The molecule has 1 amide bonds. The Morgan fingerprint density at radius 2 is 2.40 bits per heavy atom. The maximum absolute atomic E-state index is 11.7. The predicted molar refractivity (Wildman–Crippen MR) is 62.7 cm³/mol. The molecule has 0 aromatic carbocycles. The van der Waals surface area contributed by atoms with Gasteiger partial charge < -0.3 is 10.4 Å². The van der Waals surface area contributed by atoms with E-state index in [1.165, 1.54) is 11.3 Å². The number of aryl methyl sites for hydroxylation is 1. The van der Waals surface area contributed by atoms with Crippen LogP contribution in [0, 0.1) is 6.92 Å². The highest BCUT2D eigenvalue weighted by atomic mass is 35.5. The molecule has 0 radical (unpaired) electrons. The summed E-state index contributed by atoms with van der Waals surface area (Å²) in [5.41, 5.74) is 0.906. The fourth-order valence-electron chi connectivity index (χ4n) is 1.11. The van der Waals surface area contributed by atoms with Crippen molar-refractivity contribution in [1.82, 2.24) is 5.32 Å². The molecule has 0 unspecified atom stereocenters. The summed E-state index contributed by atoms with van der Waals surface area (Å²) in [6.45, 7) is 3.71. The van der Waals surface area contributed by atoms with E-state index in [4.69, 9.17) is 16.7 Å². The van der Waals surface area contributed by atoms with Gasteiger partial charge in [0.05, 0.1) is 17.7 Å². The topological polar surface area (TPSA) is 49.3 Å². The smallest absolute Gasteiger partial charge is 0.263 e. The summed E-state index contributed by atoms with van der Waals surface area (Å²) in [6.07, 6.45) is 0.699. The van der Waals surface area contributed by atoms with Crippen LogP contribution in [0.1, 0.15) is 28.6 Å². The Bertz CT molecular complexity index is 347. The first-order chi connectivity index (χ1) is 7.10. The monoisotopic (exact) mass is 247 g/mol. The van der Waals surface area contributed by atoms with E-state index in [-0.39, 0.29) is 18.6 Å². The fraction of sp³-hybridized carbons (Fsp3) is 0.500. The second-order valence-electron chi connectivity index (χ2n) is 3.32. The summed E-state index contributed by atoms with van der Waals surface area (Å²) >= 11 is 7.28. The molecule has 1 rings (SSSR count). The lowest BCUT2D eigenvalue weighted by molar-refractivity contribution is 0.0919. The molecule has 2 N–H and O–H groups in total. The van der Waals surface area contributed by atoms with Gasteiger partial charge in [0, 0.05) is 0 Å². The summed E-state index contributed by atoms with van der Waals surface area (Å²) in [4.78, 5) is 12.2. The van der Waals surface area contributed by atoms with Gasteiger partial charge in [-0.1, -0.05) is 18.5 Å². The van der Waals surface area contributed by atoms with Crippen molar-refractivity contribution in [3.05, 3.63) is 20.8 Å². The Labute approximate surface area is 98.1 Å². The lowest BCUT2D eigenvalue weighted by Gasteiger charge is -2.13. The molecule has 84 valence electrons. The predicted octanol–water partition coefficient (Wildman–Crippen LogP) is 2.21. The van der Waals surface area contributed by atoms with Crippen LogP contribution in [0.5, 0.6) is 0 Å². The third-order valence-electron chi connectivity index (χ3n) is 2.15. The zero-order valence-electron chi connectivity index (χ0n) is 8.71. The normalized spacial score (nSPS) is 12.5. The quantitative estimate of drug-likeness (QED) is 0.857. The van der Waals surface area contributed by atoms with Crippen LogP contribution in [0.3, 0.4) is 0 Å². The van der Waals surface area contributed by atoms with E-state index in [0.29, 0.717) is 16.3 Å². The van der Waals surface area contributed by atoms with Gasteiger partial charge in [-0.05, 0) is 24.3 Å². The number of carbonyl (C=O) groups excluding carboxylic acids is 1. The Balaban J connectivity index is 2.73. The molecule has 1 aromatic heterocycles. The van der Waals surface area contributed by atoms with Crippen molar-refractivity contribution >= 4 is 28.8 Å². The van der Waals surface area contributed by atoms with Crippen molar-refractivity contribution < 1.29 is 9.90 Å². The van der Waals surface area contributed by atoms with Gasteiger partial charge in [0.2, 0.25) is 0 Å². The number of halogens is 1. The largest absolute Gasteiger partial charge is 0.394 e. The van der Waals surface area contributed by atoms with Crippen LogP contribution in [0.2, 0.25) is 5.02 Å². The highest BCUT2D eigenvalue weighted by Gasteiger charge is 2.16. The maximum Gasteiger partial charge on any atom is 0.263 e. The minimum atomic E-state index is -0.209. The zero-order chi connectivity index (χ0) is 11.4. The number of amides is 1. The first-order valence-corrected chi connectivity index (χ1v) is 6.01. The molecule has 0 aliphatic rings. The molecule has 0 fully saturated rings. The van der Waals surface area contributed by atoms with E-state index < -0.39 is 0 Å². The van der Waals surface area contributed by atoms with Crippen LogP contribution in [0.15, 0.2) is 5.38 Å². The highest BCUT2D eigenvalue weighted by molar-refractivity contribution is 7.13. The lowest BCUT2D eigenvalue weighted by Crippen LogP contribution is -2.36. The molecule has 3 nitrogen and oxygen atoms in total. The number of aliphatic hydroxyl groups excluding tert-OH is 1.